The van der Waals surface area contributed by atoms with Crippen molar-refractivity contribution in [2.24, 2.45) is 0 Å². The van der Waals surface area contributed by atoms with E-state index in [-0.39, 0.29) is 23.1 Å². The molecule has 0 N–H and O–H groups in total. The van der Waals surface area contributed by atoms with Gasteiger partial charge in [0.05, 0.1) is 23.6 Å². The van der Waals surface area contributed by atoms with Crippen molar-refractivity contribution in [3.63, 3.8) is 0 Å². The van der Waals surface area contributed by atoms with Crippen LogP contribution in [-0.2, 0) is 9.47 Å². The van der Waals surface area contributed by atoms with E-state index in [0.29, 0.717) is 13.1 Å². The maximum atomic E-state index is 12.0. The molecule has 4 nitrogen and oxygen atoms in total. The number of carbonyl (C=O) groups is 1. The molecule has 1 amide bonds. The first-order chi connectivity index (χ1) is 8.73. The molecule has 0 aromatic carbocycles. The third-order valence-electron chi connectivity index (χ3n) is 2.95. The quantitative estimate of drug-likeness (QED) is 0.737. The minimum Gasteiger partial charge on any atom is -0.444 e. The molecule has 3 atom stereocenters. The Balaban J connectivity index is 2.48. The van der Waals surface area contributed by atoms with Crippen LogP contribution in [0, 0.1) is 0 Å². The third-order valence-corrected chi connectivity index (χ3v) is 3.83. The lowest BCUT2D eigenvalue weighted by molar-refractivity contribution is -0.00420. The Morgan fingerprint density at radius 2 is 2.05 bits per heavy atom. The molecule has 1 fully saturated rings. The highest BCUT2D eigenvalue weighted by Crippen LogP contribution is 2.24. The summed E-state index contributed by atoms with van der Waals surface area (Å²) in [5.74, 6) is 0. The largest absolute Gasteiger partial charge is 0.444 e. The average molecular weight is 336 g/mol. The normalized spacial score (nSPS) is 25.5. The molecule has 5 heteroatoms. The second-order valence-electron chi connectivity index (χ2n) is 6.18. The first-order valence-corrected chi connectivity index (χ1v) is 7.92. The zero-order valence-electron chi connectivity index (χ0n) is 12.6. The molecule has 1 aliphatic rings. The lowest BCUT2D eigenvalue weighted by atomic mass is 10.2. The van der Waals surface area contributed by atoms with Crippen LogP contribution >= 0.6 is 15.9 Å². The monoisotopic (exact) mass is 335 g/mol. The first kappa shape index (κ1) is 16.8. The number of hydrogen-bond acceptors (Lipinski definition) is 3. The molecule has 0 spiro atoms. The Hall–Kier alpha value is -0.290. The zero-order valence-corrected chi connectivity index (χ0v) is 14.2. The molecule has 0 radical (unpaired) electrons. The molecule has 3 unspecified atom stereocenters. The van der Waals surface area contributed by atoms with E-state index in [1.54, 1.807) is 4.90 Å². The molecule has 1 heterocycles. The minimum absolute atomic E-state index is 0.0501. The van der Waals surface area contributed by atoms with Crippen LogP contribution in [0.3, 0.4) is 0 Å². The van der Waals surface area contributed by atoms with Gasteiger partial charge in [0.1, 0.15) is 5.60 Å². The zero-order chi connectivity index (χ0) is 14.6. The van der Waals surface area contributed by atoms with E-state index < -0.39 is 5.60 Å². The van der Waals surface area contributed by atoms with Crippen LogP contribution in [0.5, 0.6) is 0 Å². The van der Waals surface area contributed by atoms with Crippen LogP contribution in [0.2, 0.25) is 0 Å². The molecular formula is C14H26BrNO3. The number of halogens is 1. The van der Waals surface area contributed by atoms with E-state index >= 15 is 0 Å². The van der Waals surface area contributed by atoms with Crippen molar-refractivity contribution in [2.45, 2.75) is 70.1 Å². The smallest absolute Gasteiger partial charge is 0.410 e. The van der Waals surface area contributed by atoms with Crippen molar-refractivity contribution in [3.8, 4) is 0 Å². The van der Waals surface area contributed by atoms with Gasteiger partial charge in [-0.1, -0.05) is 29.3 Å². The first-order valence-electron chi connectivity index (χ1n) is 7.00. The van der Waals surface area contributed by atoms with Crippen LogP contribution in [0.25, 0.3) is 0 Å². The van der Waals surface area contributed by atoms with Crippen LogP contribution in [-0.4, -0.2) is 46.7 Å². The lowest BCUT2D eigenvalue weighted by Crippen LogP contribution is -2.36. The maximum Gasteiger partial charge on any atom is 0.410 e. The Bertz CT molecular complexity index is 304. The molecule has 1 saturated heterocycles. The molecule has 0 saturated carbocycles. The van der Waals surface area contributed by atoms with E-state index in [1.165, 1.54) is 0 Å². The molecule has 112 valence electrons. The van der Waals surface area contributed by atoms with Crippen LogP contribution in [0.1, 0.15) is 47.5 Å². The number of rotatable bonds is 4. The van der Waals surface area contributed by atoms with E-state index in [4.69, 9.17) is 9.47 Å². The van der Waals surface area contributed by atoms with Gasteiger partial charge in [0.25, 0.3) is 0 Å². The van der Waals surface area contributed by atoms with Crippen molar-refractivity contribution in [1.82, 2.24) is 4.90 Å². The van der Waals surface area contributed by atoms with Crippen LogP contribution < -0.4 is 0 Å². The number of alkyl halides is 1. The van der Waals surface area contributed by atoms with Crippen molar-refractivity contribution < 1.29 is 14.3 Å². The molecule has 0 bridgehead atoms. The number of ether oxygens (including phenoxy) is 2. The fraction of sp³-hybridized carbons (Fsp3) is 0.929. The summed E-state index contributed by atoms with van der Waals surface area (Å²) in [6.07, 6.45) is 2.17. The summed E-state index contributed by atoms with van der Waals surface area (Å²) in [5.41, 5.74) is -0.451. The van der Waals surface area contributed by atoms with Crippen molar-refractivity contribution in [1.29, 1.82) is 0 Å². The number of likely N-dealkylation sites (tertiary alicyclic amines) is 1. The summed E-state index contributed by atoms with van der Waals surface area (Å²) in [7, 11) is 0. The fourth-order valence-corrected chi connectivity index (χ4v) is 2.75. The molecule has 0 aromatic heterocycles. The van der Waals surface area contributed by atoms with E-state index in [9.17, 15) is 4.79 Å². The fourth-order valence-electron chi connectivity index (χ4n) is 2.11. The number of carbonyl (C=O) groups excluding carboxylic acids is 1. The van der Waals surface area contributed by atoms with E-state index in [1.807, 2.05) is 20.8 Å². The highest BCUT2D eigenvalue weighted by atomic mass is 79.9. The van der Waals surface area contributed by atoms with Crippen LogP contribution in [0.15, 0.2) is 0 Å². The third kappa shape index (κ3) is 5.69. The van der Waals surface area contributed by atoms with Gasteiger partial charge in [-0.05, 0) is 34.1 Å². The highest BCUT2D eigenvalue weighted by molar-refractivity contribution is 9.09. The van der Waals surface area contributed by atoms with Gasteiger partial charge in [0.2, 0.25) is 0 Å². The molecule has 0 aliphatic carbocycles. The standard InChI is InChI=1S/C14H26BrNO3/c1-6-7-10(2)18-12-9-16(8-11(12)15)13(17)19-14(3,4)5/h10-12H,6-9H2,1-5H3. The van der Waals surface area contributed by atoms with Gasteiger partial charge in [-0.15, -0.1) is 0 Å². The minimum atomic E-state index is -0.451. The van der Waals surface area contributed by atoms with Crippen molar-refractivity contribution in [2.75, 3.05) is 13.1 Å². The second kappa shape index (κ2) is 6.93. The number of nitrogens with zero attached hydrogens (tertiary/aromatic N) is 1. The van der Waals surface area contributed by atoms with Crippen molar-refractivity contribution in [3.05, 3.63) is 0 Å². The van der Waals surface area contributed by atoms with Gasteiger partial charge < -0.3 is 14.4 Å². The van der Waals surface area contributed by atoms with Gasteiger partial charge in [-0.3, -0.25) is 0 Å². The molecule has 1 aliphatic heterocycles. The summed E-state index contributed by atoms with van der Waals surface area (Å²) < 4.78 is 11.4. The average Bonchev–Trinajstić information content (AvgIpc) is 2.58. The SMILES string of the molecule is CCCC(C)OC1CN(C(=O)OC(C)(C)C)CC1Br. The lowest BCUT2D eigenvalue weighted by Gasteiger charge is -2.24. The van der Waals surface area contributed by atoms with Gasteiger partial charge in [0.15, 0.2) is 0 Å². The highest BCUT2D eigenvalue weighted by Gasteiger charge is 2.37. The van der Waals surface area contributed by atoms with Gasteiger partial charge in [-0.2, -0.15) is 0 Å². The van der Waals surface area contributed by atoms with Crippen molar-refractivity contribution >= 4 is 22.0 Å². The Labute approximate surface area is 124 Å². The Morgan fingerprint density at radius 1 is 1.42 bits per heavy atom. The molecule has 1 rings (SSSR count). The maximum absolute atomic E-state index is 12.0. The number of amides is 1. The topological polar surface area (TPSA) is 38.8 Å². The molecule has 0 aromatic rings. The summed E-state index contributed by atoms with van der Waals surface area (Å²) in [5, 5.41) is 0. The Kier molecular flexibility index (Phi) is 6.12. The predicted octanol–water partition coefficient (Wildman–Crippen LogP) is 3.57. The van der Waals surface area contributed by atoms with Gasteiger partial charge in [0, 0.05) is 6.54 Å². The molecule has 19 heavy (non-hydrogen) atoms. The van der Waals surface area contributed by atoms with Gasteiger partial charge >= 0.3 is 6.09 Å². The second-order valence-corrected chi connectivity index (χ2v) is 7.35. The van der Waals surface area contributed by atoms with E-state index in [0.717, 1.165) is 12.8 Å². The molecular weight excluding hydrogens is 310 g/mol. The summed E-state index contributed by atoms with van der Waals surface area (Å²) in [6, 6.07) is 0. The Morgan fingerprint density at radius 3 is 2.58 bits per heavy atom. The van der Waals surface area contributed by atoms with E-state index in [2.05, 4.69) is 29.8 Å². The summed E-state index contributed by atoms with van der Waals surface area (Å²) >= 11 is 3.60. The summed E-state index contributed by atoms with van der Waals surface area (Å²) in [6.45, 7) is 11.1. The van der Waals surface area contributed by atoms with Crippen LogP contribution in [0.4, 0.5) is 4.79 Å². The predicted molar refractivity (Wildman–Crippen MR) is 79.8 cm³/mol. The van der Waals surface area contributed by atoms with Gasteiger partial charge in [-0.25, -0.2) is 4.79 Å². The number of hydrogen-bond donors (Lipinski definition) is 0. The summed E-state index contributed by atoms with van der Waals surface area (Å²) in [4.78, 5) is 13.9.